The maximum Gasteiger partial charge on any atom is 0.340 e. The van der Waals surface area contributed by atoms with Crippen LogP contribution in [0.4, 0.5) is 5.69 Å². The molecule has 34 heavy (non-hydrogen) atoms. The largest absolute Gasteiger partial charge is 0.497 e. The number of benzene rings is 2. The molecular formula is C27H25BrN2O4. The van der Waals surface area contributed by atoms with Crippen LogP contribution in [0.15, 0.2) is 75.9 Å². The zero-order valence-electron chi connectivity index (χ0n) is 19.7. The molecule has 0 saturated carbocycles. The van der Waals surface area contributed by atoms with Gasteiger partial charge in [-0.2, -0.15) is 0 Å². The number of amides is 1. The summed E-state index contributed by atoms with van der Waals surface area (Å²) < 4.78 is 13.3. The fourth-order valence-electron chi connectivity index (χ4n) is 4.30. The number of ether oxygens (including phenoxy) is 2. The van der Waals surface area contributed by atoms with E-state index >= 15 is 0 Å². The zero-order chi connectivity index (χ0) is 24.6. The van der Waals surface area contributed by atoms with Gasteiger partial charge in [-0.3, -0.25) is 9.69 Å². The summed E-state index contributed by atoms with van der Waals surface area (Å²) in [6.07, 6.45) is 1.78. The Kier molecular flexibility index (Phi) is 6.48. The van der Waals surface area contributed by atoms with Crippen molar-refractivity contribution in [3.05, 3.63) is 92.9 Å². The van der Waals surface area contributed by atoms with Gasteiger partial charge in [0, 0.05) is 32.9 Å². The van der Waals surface area contributed by atoms with Crippen LogP contribution in [0.5, 0.6) is 5.75 Å². The molecule has 0 aliphatic carbocycles. The minimum Gasteiger partial charge on any atom is -0.497 e. The number of aromatic nitrogens is 1. The molecule has 2 heterocycles. The molecule has 174 valence electrons. The lowest BCUT2D eigenvalue weighted by Gasteiger charge is -2.18. The summed E-state index contributed by atoms with van der Waals surface area (Å²) in [7, 11) is 2.96. The van der Waals surface area contributed by atoms with Crippen molar-refractivity contribution in [2.24, 2.45) is 0 Å². The molecule has 1 aliphatic rings. The van der Waals surface area contributed by atoms with Crippen molar-refractivity contribution in [1.82, 2.24) is 4.57 Å². The molecule has 0 fully saturated rings. The molecule has 0 radical (unpaired) electrons. The number of rotatable bonds is 5. The standard InChI is InChI=1S/C27H25BrN2O4/c1-16-14-19(17(2)29(16)21-10-12-23(33-4)13-11-21)15-24-25(27(32)34-5)18(3)30(26(24)31)22-8-6-20(28)7-9-22/h6-15H,1-5H3/b24-15-. The monoisotopic (exact) mass is 520 g/mol. The third-order valence-electron chi connectivity index (χ3n) is 5.98. The second kappa shape index (κ2) is 9.35. The number of carbonyl (C=O) groups excluding carboxylic acids is 2. The van der Waals surface area contributed by atoms with Crippen molar-refractivity contribution in [2.75, 3.05) is 19.1 Å². The van der Waals surface area contributed by atoms with Crippen molar-refractivity contribution >= 4 is 39.6 Å². The molecule has 0 N–H and O–H groups in total. The minimum absolute atomic E-state index is 0.268. The fourth-order valence-corrected chi connectivity index (χ4v) is 4.56. The van der Waals surface area contributed by atoms with E-state index in [2.05, 4.69) is 20.5 Å². The predicted octanol–water partition coefficient (Wildman–Crippen LogP) is 5.74. The molecule has 0 saturated heterocycles. The first-order valence-corrected chi connectivity index (χ1v) is 11.5. The fraction of sp³-hybridized carbons (Fsp3) is 0.185. The number of halogens is 1. The number of carbonyl (C=O) groups is 2. The molecule has 7 heteroatoms. The number of aryl methyl sites for hydroxylation is 1. The average molecular weight is 521 g/mol. The van der Waals surface area contributed by atoms with Crippen LogP contribution in [0.25, 0.3) is 11.8 Å². The molecule has 0 spiro atoms. The van der Waals surface area contributed by atoms with Gasteiger partial charge in [0.15, 0.2) is 0 Å². The van der Waals surface area contributed by atoms with Gasteiger partial charge < -0.3 is 14.0 Å². The van der Waals surface area contributed by atoms with E-state index in [1.807, 2.05) is 68.4 Å². The van der Waals surface area contributed by atoms with Gasteiger partial charge in [0.1, 0.15) is 5.75 Å². The Morgan fingerprint density at radius 2 is 1.56 bits per heavy atom. The van der Waals surface area contributed by atoms with E-state index in [-0.39, 0.29) is 11.5 Å². The van der Waals surface area contributed by atoms with E-state index in [0.717, 1.165) is 32.9 Å². The number of nitrogens with zero attached hydrogens (tertiary/aromatic N) is 2. The van der Waals surface area contributed by atoms with Crippen LogP contribution in [0.1, 0.15) is 23.9 Å². The van der Waals surface area contributed by atoms with Crippen molar-refractivity contribution in [3.8, 4) is 11.4 Å². The average Bonchev–Trinajstić information content (AvgIpc) is 3.25. The van der Waals surface area contributed by atoms with E-state index in [4.69, 9.17) is 9.47 Å². The van der Waals surface area contributed by atoms with Crippen LogP contribution in [0, 0.1) is 13.8 Å². The summed E-state index contributed by atoms with van der Waals surface area (Å²) in [5, 5.41) is 0. The molecule has 1 aliphatic heterocycles. The number of methoxy groups -OCH3 is 2. The molecule has 6 nitrogen and oxygen atoms in total. The van der Waals surface area contributed by atoms with Crippen LogP contribution in [0.3, 0.4) is 0 Å². The van der Waals surface area contributed by atoms with Crippen LogP contribution in [-0.4, -0.2) is 30.7 Å². The lowest BCUT2D eigenvalue weighted by atomic mass is 10.0. The van der Waals surface area contributed by atoms with Gasteiger partial charge in [-0.25, -0.2) is 4.79 Å². The van der Waals surface area contributed by atoms with E-state index in [1.165, 1.54) is 7.11 Å². The van der Waals surface area contributed by atoms with Gasteiger partial charge in [0.05, 0.1) is 25.4 Å². The molecule has 0 unspecified atom stereocenters. The molecule has 4 rings (SSSR count). The normalized spacial score (nSPS) is 14.8. The number of hydrogen-bond acceptors (Lipinski definition) is 4. The van der Waals surface area contributed by atoms with Gasteiger partial charge in [-0.05, 0) is 87.0 Å². The third-order valence-corrected chi connectivity index (χ3v) is 6.50. The van der Waals surface area contributed by atoms with Gasteiger partial charge in [0.2, 0.25) is 0 Å². The molecule has 1 aromatic heterocycles. The van der Waals surface area contributed by atoms with Crippen molar-refractivity contribution in [3.63, 3.8) is 0 Å². The highest BCUT2D eigenvalue weighted by Crippen LogP contribution is 2.36. The van der Waals surface area contributed by atoms with Gasteiger partial charge in [-0.15, -0.1) is 0 Å². The second-order valence-electron chi connectivity index (χ2n) is 7.99. The van der Waals surface area contributed by atoms with Crippen molar-refractivity contribution in [1.29, 1.82) is 0 Å². The van der Waals surface area contributed by atoms with Crippen LogP contribution < -0.4 is 9.64 Å². The summed E-state index contributed by atoms with van der Waals surface area (Å²) in [4.78, 5) is 27.8. The number of esters is 1. The Balaban J connectivity index is 1.82. The predicted molar refractivity (Wildman–Crippen MR) is 136 cm³/mol. The lowest BCUT2D eigenvalue weighted by molar-refractivity contribution is -0.136. The summed E-state index contributed by atoms with van der Waals surface area (Å²) in [5.41, 5.74) is 5.58. The van der Waals surface area contributed by atoms with Crippen LogP contribution >= 0.6 is 15.9 Å². The number of anilines is 1. The Bertz CT molecular complexity index is 1330. The number of hydrogen-bond donors (Lipinski definition) is 0. The lowest BCUT2D eigenvalue weighted by Crippen LogP contribution is -2.24. The molecule has 1 amide bonds. The first-order chi connectivity index (χ1) is 16.3. The van der Waals surface area contributed by atoms with Crippen molar-refractivity contribution in [2.45, 2.75) is 20.8 Å². The highest BCUT2D eigenvalue weighted by Gasteiger charge is 2.38. The second-order valence-corrected chi connectivity index (χ2v) is 8.90. The smallest absolute Gasteiger partial charge is 0.340 e. The summed E-state index contributed by atoms with van der Waals surface area (Å²) in [6.45, 7) is 5.75. The first kappa shape index (κ1) is 23.6. The summed E-state index contributed by atoms with van der Waals surface area (Å²) >= 11 is 3.42. The Morgan fingerprint density at radius 1 is 0.941 bits per heavy atom. The van der Waals surface area contributed by atoms with Crippen molar-refractivity contribution < 1.29 is 19.1 Å². The molecule has 0 atom stereocenters. The van der Waals surface area contributed by atoms with Gasteiger partial charge >= 0.3 is 5.97 Å². The molecule has 0 bridgehead atoms. The molecular weight excluding hydrogens is 496 g/mol. The molecule has 3 aromatic rings. The molecule has 2 aromatic carbocycles. The Labute approximate surface area is 207 Å². The minimum atomic E-state index is -0.541. The maximum absolute atomic E-state index is 13.6. The topological polar surface area (TPSA) is 60.8 Å². The highest BCUT2D eigenvalue weighted by atomic mass is 79.9. The maximum atomic E-state index is 13.6. The summed E-state index contributed by atoms with van der Waals surface area (Å²) in [6, 6.07) is 17.2. The SMILES string of the molecule is COC(=O)C1=C(C)N(c2ccc(Br)cc2)C(=O)/C1=C\c1cc(C)n(-c2ccc(OC)cc2)c1C. The van der Waals surface area contributed by atoms with Crippen LogP contribution in [-0.2, 0) is 14.3 Å². The van der Waals surface area contributed by atoms with Crippen LogP contribution in [0.2, 0.25) is 0 Å². The quantitative estimate of drug-likeness (QED) is 0.317. The number of allylic oxidation sites excluding steroid dienone is 1. The van der Waals surface area contributed by atoms with Gasteiger partial charge in [0.25, 0.3) is 5.91 Å². The third kappa shape index (κ3) is 4.07. The Hall–Kier alpha value is -3.58. The van der Waals surface area contributed by atoms with E-state index in [9.17, 15) is 9.59 Å². The zero-order valence-corrected chi connectivity index (χ0v) is 21.3. The van der Waals surface area contributed by atoms with E-state index < -0.39 is 5.97 Å². The van der Waals surface area contributed by atoms with E-state index in [1.54, 1.807) is 25.0 Å². The first-order valence-electron chi connectivity index (χ1n) is 10.7. The Morgan fingerprint density at radius 3 is 2.15 bits per heavy atom. The van der Waals surface area contributed by atoms with Gasteiger partial charge in [-0.1, -0.05) is 15.9 Å². The summed E-state index contributed by atoms with van der Waals surface area (Å²) in [5.74, 6) is -0.0309. The highest BCUT2D eigenvalue weighted by molar-refractivity contribution is 9.10. The van der Waals surface area contributed by atoms with E-state index in [0.29, 0.717) is 17.0 Å².